The molecule has 0 aliphatic heterocycles. The fourth-order valence-electron chi connectivity index (χ4n) is 2.25. The van der Waals surface area contributed by atoms with Crippen LogP contribution in [0.3, 0.4) is 0 Å². The summed E-state index contributed by atoms with van der Waals surface area (Å²) in [5.41, 5.74) is 6.27. The minimum Gasteiger partial charge on any atom is -0.478 e. The van der Waals surface area contributed by atoms with Crippen molar-refractivity contribution >= 4 is 18.1 Å². The number of carbonyl (C=O) groups is 2. The number of aromatic amines is 1. The number of rotatable bonds is 5. The zero-order valence-electron chi connectivity index (χ0n) is 13.9. The summed E-state index contributed by atoms with van der Waals surface area (Å²) in [6.07, 6.45) is 1.43. The van der Waals surface area contributed by atoms with E-state index in [4.69, 9.17) is 5.11 Å². The first-order valence-electron chi connectivity index (χ1n) is 7.82. The number of nitrogens with zero attached hydrogens (tertiary/aromatic N) is 2. The van der Waals surface area contributed by atoms with E-state index >= 15 is 0 Å². The van der Waals surface area contributed by atoms with Crippen LogP contribution in [0.1, 0.15) is 32.0 Å². The molecule has 0 spiro atoms. The number of H-pyrrole nitrogens is 1. The molecule has 0 aliphatic rings. The monoisotopic (exact) mass is 348 g/mol. The Balaban J connectivity index is 1.63. The molecule has 0 fully saturated rings. The molecule has 1 aromatic heterocycles. The molecule has 1 heterocycles. The maximum Gasteiger partial charge on any atom is 0.335 e. The zero-order chi connectivity index (χ0) is 18.5. The third-order valence-corrected chi connectivity index (χ3v) is 3.71. The van der Waals surface area contributed by atoms with Gasteiger partial charge in [0, 0.05) is 5.56 Å². The van der Waals surface area contributed by atoms with E-state index in [0.717, 1.165) is 11.1 Å². The van der Waals surface area contributed by atoms with Crippen LogP contribution in [-0.2, 0) is 0 Å². The average Bonchev–Trinajstić information content (AvgIpc) is 3.13. The first kappa shape index (κ1) is 17.1. The Labute approximate surface area is 149 Å². The fourth-order valence-corrected chi connectivity index (χ4v) is 2.25. The molecule has 2 aromatic carbocycles. The third-order valence-electron chi connectivity index (χ3n) is 3.71. The number of carboxylic acid groups (broad SMARTS) is 1. The number of amides is 1. The molecule has 7 nitrogen and oxygen atoms in total. The summed E-state index contributed by atoms with van der Waals surface area (Å²) in [5.74, 6) is -1.42. The maximum atomic E-state index is 12.1. The summed E-state index contributed by atoms with van der Waals surface area (Å²) < 4.78 is 0. The van der Waals surface area contributed by atoms with Crippen LogP contribution in [0, 0.1) is 6.92 Å². The Hall–Kier alpha value is -3.74. The van der Waals surface area contributed by atoms with E-state index in [9.17, 15) is 9.59 Å². The Kier molecular flexibility index (Phi) is 4.89. The Morgan fingerprint density at radius 3 is 2.46 bits per heavy atom. The summed E-state index contributed by atoms with van der Waals surface area (Å²) in [6, 6.07) is 15.6. The van der Waals surface area contributed by atoms with Gasteiger partial charge in [0.25, 0.3) is 5.91 Å². The number of aryl methyl sites for hydroxylation is 1. The van der Waals surface area contributed by atoms with Crippen LogP contribution in [0.2, 0.25) is 0 Å². The molecule has 7 heteroatoms. The molecule has 1 amide bonds. The topological polar surface area (TPSA) is 107 Å². The number of hydrogen-bond acceptors (Lipinski definition) is 4. The van der Waals surface area contributed by atoms with Crippen LogP contribution in [-0.4, -0.2) is 33.4 Å². The van der Waals surface area contributed by atoms with E-state index in [2.05, 4.69) is 20.7 Å². The number of carbonyl (C=O) groups excluding carboxylic acids is 1. The normalized spacial score (nSPS) is 10.8. The summed E-state index contributed by atoms with van der Waals surface area (Å²) >= 11 is 0. The van der Waals surface area contributed by atoms with Gasteiger partial charge >= 0.3 is 5.97 Å². The lowest BCUT2D eigenvalue weighted by molar-refractivity contribution is 0.0696. The highest BCUT2D eigenvalue weighted by atomic mass is 16.4. The molecule has 0 radical (unpaired) electrons. The molecule has 130 valence electrons. The van der Waals surface area contributed by atoms with Crippen LogP contribution in [0.25, 0.3) is 11.3 Å². The molecular weight excluding hydrogens is 332 g/mol. The highest BCUT2D eigenvalue weighted by molar-refractivity contribution is 5.94. The molecule has 3 aromatic rings. The second-order valence-corrected chi connectivity index (χ2v) is 5.66. The van der Waals surface area contributed by atoms with Gasteiger partial charge in [-0.2, -0.15) is 10.2 Å². The molecule has 0 aliphatic carbocycles. The number of hydrazone groups is 1. The van der Waals surface area contributed by atoms with Crippen molar-refractivity contribution in [1.82, 2.24) is 15.6 Å². The highest BCUT2D eigenvalue weighted by Crippen LogP contribution is 2.18. The third kappa shape index (κ3) is 4.02. The number of hydrogen-bond donors (Lipinski definition) is 3. The summed E-state index contributed by atoms with van der Waals surface area (Å²) in [5, 5.41) is 19.5. The molecule has 0 saturated carbocycles. The van der Waals surface area contributed by atoms with E-state index < -0.39 is 11.9 Å². The SMILES string of the molecule is Cc1ccc(-c2cc(C(=O)N/N=C\c3ccc(C(=O)O)cc3)[nH]n2)cc1. The van der Waals surface area contributed by atoms with Crippen LogP contribution in [0.5, 0.6) is 0 Å². The number of carboxylic acids is 1. The smallest absolute Gasteiger partial charge is 0.335 e. The van der Waals surface area contributed by atoms with Gasteiger partial charge in [0.2, 0.25) is 0 Å². The van der Waals surface area contributed by atoms with E-state index in [0.29, 0.717) is 17.0 Å². The number of aromatic nitrogens is 2. The number of benzene rings is 2. The van der Waals surface area contributed by atoms with Gasteiger partial charge in [0.15, 0.2) is 0 Å². The molecule has 0 atom stereocenters. The fraction of sp³-hybridized carbons (Fsp3) is 0.0526. The van der Waals surface area contributed by atoms with Gasteiger partial charge in [-0.15, -0.1) is 0 Å². The molecule has 0 bridgehead atoms. The first-order chi connectivity index (χ1) is 12.5. The molecule has 0 saturated heterocycles. The van der Waals surface area contributed by atoms with Gasteiger partial charge in [0.1, 0.15) is 5.69 Å². The second-order valence-electron chi connectivity index (χ2n) is 5.66. The van der Waals surface area contributed by atoms with Crippen LogP contribution >= 0.6 is 0 Å². The lowest BCUT2D eigenvalue weighted by Crippen LogP contribution is -2.18. The van der Waals surface area contributed by atoms with Gasteiger partial charge in [-0.1, -0.05) is 42.0 Å². The minimum absolute atomic E-state index is 0.187. The van der Waals surface area contributed by atoms with Crippen LogP contribution < -0.4 is 5.43 Å². The predicted octanol–water partition coefficient (Wildman–Crippen LogP) is 2.85. The van der Waals surface area contributed by atoms with Crippen molar-refractivity contribution < 1.29 is 14.7 Å². The Bertz CT molecular complexity index is 957. The van der Waals surface area contributed by atoms with Crippen molar-refractivity contribution in [2.75, 3.05) is 0 Å². The van der Waals surface area contributed by atoms with E-state index in [1.165, 1.54) is 18.3 Å². The van der Waals surface area contributed by atoms with Crippen LogP contribution in [0.4, 0.5) is 0 Å². The summed E-state index contributed by atoms with van der Waals surface area (Å²) in [7, 11) is 0. The number of nitrogens with one attached hydrogen (secondary N) is 2. The van der Waals surface area contributed by atoms with Crippen molar-refractivity contribution in [2.45, 2.75) is 6.92 Å². The summed E-state index contributed by atoms with van der Waals surface area (Å²) in [4.78, 5) is 22.9. The quantitative estimate of drug-likeness (QED) is 0.487. The zero-order valence-corrected chi connectivity index (χ0v) is 13.9. The largest absolute Gasteiger partial charge is 0.478 e. The van der Waals surface area contributed by atoms with Crippen molar-refractivity contribution in [3.05, 3.63) is 77.0 Å². The van der Waals surface area contributed by atoms with Gasteiger partial charge in [-0.3, -0.25) is 9.89 Å². The average molecular weight is 348 g/mol. The van der Waals surface area contributed by atoms with Gasteiger partial charge in [-0.25, -0.2) is 10.2 Å². The molecule has 0 unspecified atom stereocenters. The van der Waals surface area contributed by atoms with E-state index in [1.807, 2.05) is 31.2 Å². The maximum absolute atomic E-state index is 12.1. The summed E-state index contributed by atoms with van der Waals surface area (Å²) in [6.45, 7) is 2.00. The minimum atomic E-state index is -0.995. The Morgan fingerprint density at radius 2 is 1.81 bits per heavy atom. The van der Waals surface area contributed by atoms with Crippen molar-refractivity contribution in [3.8, 4) is 11.3 Å². The lowest BCUT2D eigenvalue weighted by Gasteiger charge is -1.97. The van der Waals surface area contributed by atoms with Gasteiger partial charge in [-0.05, 0) is 30.7 Å². The second kappa shape index (κ2) is 7.43. The molecular formula is C19H16N4O3. The number of aromatic carboxylic acids is 1. The van der Waals surface area contributed by atoms with Gasteiger partial charge < -0.3 is 5.11 Å². The molecule has 26 heavy (non-hydrogen) atoms. The van der Waals surface area contributed by atoms with Gasteiger partial charge in [0.05, 0.1) is 17.5 Å². The lowest BCUT2D eigenvalue weighted by atomic mass is 10.1. The van der Waals surface area contributed by atoms with Crippen molar-refractivity contribution in [1.29, 1.82) is 0 Å². The van der Waals surface area contributed by atoms with Crippen molar-refractivity contribution in [2.24, 2.45) is 5.10 Å². The van der Waals surface area contributed by atoms with E-state index in [-0.39, 0.29) is 5.56 Å². The van der Waals surface area contributed by atoms with Crippen molar-refractivity contribution in [3.63, 3.8) is 0 Å². The van der Waals surface area contributed by atoms with E-state index in [1.54, 1.807) is 18.2 Å². The molecule has 3 N–H and O–H groups in total. The Morgan fingerprint density at radius 1 is 1.12 bits per heavy atom. The molecule has 3 rings (SSSR count). The first-order valence-corrected chi connectivity index (χ1v) is 7.82. The highest BCUT2D eigenvalue weighted by Gasteiger charge is 2.10. The standard InChI is InChI=1S/C19H16N4O3/c1-12-2-6-14(7-3-12)16-10-17(22-21-16)18(24)23-20-11-13-4-8-15(9-5-13)19(25)26/h2-11H,1H3,(H,21,22)(H,23,24)(H,25,26)/b20-11-. The van der Waals surface area contributed by atoms with Crippen LogP contribution in [0.15, 0.2) is 59.7 Å². The predicted molar refractivity (Wildman–Crippen MR) is 97.2 cm³/mol.